The topological polar surface area (TPSA) is 90.8 Å². The first-order valence-electron chi connectivity index (χ1n) is 12.1. The summed E-state index contributed by atoms with van der Waals surface area (Å²) >= 11 is 0. The van der Waals surface area contributed by atoms with Crippen LogP contribution in [0.4, 0.5) is 0 Å². The van der Waals surface area contributed by atoms with Crippen LogP contribution in [0.25, 0.3) is 0 Å². The highest BCUT2D eigenvalue weighted by Crippen LogP contribution is 2.18. The van der Waals surface area contributed by atoms with Crippen LogP contribution in [0.15, 0.2) is 30.3 Å². The zero-order chi connectivity index (χ0) is 24.1. The fourth-order valence-corrected chi connectivity index (χ4v) is 4.62. The molecular formula is C25H34N6O3. The lowest BCUT2D eigenvalue weighted by Crippen LogP contribution is -2.41. The van der Waals surface area contributed by atoms with Crippen LogP contribution in [0, 0.1) is 6.92 Å². The van der Waals surface area contributed by atoms with E-state index in [2.05, 4.69) is 21.4 Å². The lowest BCUT2D eigenvalue weighted by atomic mass is 10.1. The minimum atomic E-state index is -0.367. The largest absolute Gasteiger partial charge is 0.353 e. The van der Waals surface area contributed by atoms with Gasteiger partial charge in [0.1, 0.15) is 5.69 Å². The predicted octanol–water partition coefficient (Wildman–Crippen LogP) is 1.52. The third-order valence-electron chi connectivity index (χ3n) is 6.44. The van der Waals surface area contributed by atoms with E-state index in [9.17, 15) is 14.4 Å². The third kappa shape index (κ3) is 5.83. The van der Waals surface area contributed by atoms with E-state index in [1.807, 2.05) is 25.1 Å². The van der Waals surface area contributed by atoms with Gasteiger partial charge >= 0.3 is 0 Å². The maximum absolute atomic E-state index is 13.2. The second-order valence-electron chi connectivity index (χ2n) is 9.27. The van der Waals surface area contributed by atoms with Crippen LogP contribution in [0.5, 0.6) is 0 Å². The molecule has 0 aliphatic carbocycles. The molecule has 0 atom stereocenters. The summed E-state index contributed by atoms with van der Waals surface area (Å²) in [4.78, 5) is 43.9. The van der Waals surface area contributed by atoms with Gasteiger partial charge in [-0.1, -0.05) is 29.8 Å². The number of likely N-dealkylation sites (N-methyl/N-ethyl adjacent to an activating group) is 1. The van der Waals surface area contributed by atoms with Crippen LogP contribution < -0.4 is 5.32 Å². The molecule has 1 saturated heterocycles. The zero-order valence-corrected chi connectivity index (χ0v) is 20.1. The quantitative estimate of drug-likeness (QED) is 0.637. The molecule has 1 fully saturated rings. The van der Waals surface area contributed by atoms with Crippen molar-refractivity contribution in [3.8, 4) is 0 Å². The van der Waals surface area contributed by atoms with Gasteiger partial charge in [0.05, 0.1) is 6.54 Å². The molecule has 0 unspecified atom stereocenters. The summed E-state index contributed by atoms with van der Waals surface area (Å²) in [6, 6.07) is 9.68. The van der Waals surface area contributed by atoms with E-state index in [-0.39, 0.29) is 30.0 Å². The Morgan fingerprint density at radius 2 is 1.88 bits per heavy atom. The van der Waals surface area contributed by atoms with Gasteiger partial charge in [-0.25, -0.2) is 0 Å². The van der Waals surface area contributed by atoms with Crippen LogP contribution >= 0.6 is 0 Å². The lowest BCUT2D eigenvalue weighted by Gasteiger charge is -2.20. The molecule has 9 heteroatoms. The molecule has 1 N–H and O–H groups in total. The number of fused-ring (bicyclic) bond motifs is 1. The summed E-state index contributed by atoms with van der Waals surface area (Å²) in [6.07, 6.45) is 3.19. The third-order valence-corrected chi connectivity index (χ3v) is 6.44. The first-order valence-corrected chi connectivity index (χ1v) is 12.1. The van der Waals surface area contributed by atoms with Crippen LogP contribution in [0.2, 0.25) is 0 Å². The monoisotopic (exact) mass is 466 g/mol. The Bertz CT molecular complexity index is 1040. The average molecular weight is 467 g/mol. The molecule has 1 aromatic heterocycles. The van der Waals surface area contributed by atoms with Gasteiger partial charge in [0.2, 0.25) is 5.91 Å². The normalized spacial score (nSPS) is 16.3. The number of rotatable bonds is 8. The molecule has 2 aromatic rings. The van der Waals surface area contributed by atoms with Crippen molar-refractivity contribution >= 4 is 17.7 Å². The Hall–Kier alpha value is -3.20. The fourth-order valence-electron chi connectivity index (χ4n) is 4.62. The molecular weight excluding hydrogens is 432 g/mol. The van der Waals surface area contributed by atoms with Gasteiger partial charge in [-0.15, -0.1) is 0 Å². The van der Waals surface area contributed by atoms with Gasteiger partial charge in [0.15, 0.2) is 5.69 Å². The standard InChI is InChI=1S/C25H34N6O3/c1-19-7-5-8-20(15-19)17-30-12-6-13-31-22(25(30)34)16-21(27-31)24(33)28(2)18-23(32)26-9-14-29-10-3-4-11-29/h5,7-8,15-16H,3-4,6,9-14,17-18H2,1-2H3,(H,26,32). The summed E-state index contributed by atoms with van der Waals surface area (Å²) in [5.74, 6) is -0.697. The summed E-state index contributed by atoms with van der Waals surface area (Å²) in [5.41, 5.74) is 2.83. The summed E-state index contributed by atoms with van der Waals surface area (Å²) in [5, 5.41) is 7.28. The first kappa shape index (κ1) is 23.9. The Kier molecular flexibility index (Phi) is 7.62. The van der Waals surface area contributed by atoms with Gasteiger partial charge in [0, 0.05) is 45.8 Å². The van der Waals surface area contributed by atoms with Crippen LogP contribution in [-0.4, -0.2) is 88.5 Å². The maximum Gasteiger partial charge on any atom is 0.274 e. The van der Waals surface area contributed by atoms with Crippen molar-refractivity contribution in [3.05, 3.63) is 52.8 Å². The minimum Gasteiger partial charge on any atom is -0.353 e. The first-order chi connectivity index (χ1) is 16.4. The lowest BCUT2D eigenvalue weighted by molar-refractivity contribution is -0.121. The number of aromatic nitrogens is 2. The summed E-state index contributed by atoms with van der Waals surface area (Å²) < 4.78 is 1.62. The summed E-state index contributed by atoms with van der Waals surface area (Å²) in [7, 11) is 1.58. The minimum absolute atomic E-state index is 0.0472. The Balaban J connectivity index is 1.35. The van der Waals surface area contributed by atoms with Crippen molar-refractivity contribution in [2.75, 3.05) is 46.3 Å². The second-order valence-corrected chi connectivity index (χ2v) is 9.27. The number of benzene rings is 1. The van der Waals surface area contributed by atoms with E-state index in [4.69, 9.17) is 0 Å². The van der Waals surface area contributed by atoms with Gasteiger partial charge < -0.3 is 20.0 Å². The summed E-state index contributed by atoms with van der Waals surface area (Å²) in [6.45, 7) is 7.28. The highest BCUT2D eigenvalue weighted by Gasteiger charge is 2.27. The van der Waals surface area contributed by atoms with Crippen molar-refractivity contribution < 1.29 is 14.4 Å². The Labute approximate surface area is 200 Å². The van der Waals surface area contributed by atoms with Crippen LogP contribution in [0.1, 0.15) is 51.4 Å². The number of hydrogen-bond acceptors (Lipinski definition) is 5. The van der Waals surface area contributed by atoms with Gasteiger partial charge in [-0.05, 0) is 44.8 Å². The molecule has 0 bridgehead atoms. The molecule has 2 aliphatic heterocycles. The molecule has 4 rings (SSSR count). The molecule has 3 amide bonds. The van der Waals surface area contributed by atoms with Gasteiger partial charge in [-0.3, -0.25) is 19.1 Å². The maximum atomic E-state index is 13.2. The van der Waals surface area contributed by atoms with Gasteiger partial charge in [0.25, 0.3) is 11.8 Å². The van der Waals surface area contributed by atoms with Crippen molar-refractivity contribution in [3.63, 3.8) is 0 Å². The smallest absolute Gasteiger partial charge is 0.274 e. The highest BCUT2D eigenvalue weighted by molar-refractivity contribution is 5.99. The number of hydrogen-bond donors (Lipinski definition) is 1. The average Bonchev–Trinajstić information content (AvgIpc) is 3.45. The number of amides is 3. The molecule has 0 saturated carbocycles. The molecule has 1 aromatic carbocycles. The molecule has 9 nitrogen and oxygen atoms in total. The van der Waals surface area contributed by atoms with Crippen molar-refractivity contribution in [2.24, 2.45) is 0 Å². The number of aryl methyl sites for hydroxylation is 2. The number of carbonyl (C=O) groups excluding carboxylic acids is 3. The van der Waals surface area contributed by atoms with E-state index in [0.29, 0.717) is 31.9 Å². The second kappa shape index (κ2) is 10.8. The SMILES string of the molecule is Cc1cccc(CN2CCCn3nc(C(=O)N(C)CC(=O)NCCN4CCCC4)cc3C2=O)c1. The fraction of sp³-hybridized carbons (Fsp3) is 0.520. The molecule has 34 heavy (non-hydrogen) atoms. The molecule has 182 valence electrons. The van der Waals surface area contributed by atoms with Gasteiger partial charge in [-0.2, -0.15) is 5.10 Å². The zero-order valence-electron chi connectivity index (χ0n) is 20.1. The number of carbonyl (C=O) groups is 3. The van der Waals surface area contributed by atoms with E-state index in [1.54, 1.807) is 22.7 Å². The van der Waals surface area contributed by atoms with E-state index < -0.39 is 0 Å². The van der Waals surface area contributed by atoms with Crippen molar-refractivity contribution in [2.45, 2.75) is 39.3 Å². The van der Waals surface area contributed by atoms with Crippen LogP contribution in [-0.2, 0) is 17.9 Å². The van der Waals surface area contributed by atoms with E-state index >= 15 is 0 Å². The van der Waals surface area contributed by atoms with Crippen molar-refractivity contribution in [1.82, 2.24) is 29.8 Å². The molecule has 0 spiro atoms. The Morgan fingerprint density at radius 1 is 1.09 bits per heavy atom. The van der Waals surface area contributed by atoms with Crippen LogP contribution in [0.3, 0.4) is 0 Å². The number of likely N-dealkylation sites (tertiary alicyclic amines) is 1. The molecule has 0 radical (unpaired) electrons. The van der Waals surface area contributed by atoms with E-state index in [1.165, 1.54) is 17.7 Å². The molecule has 3 heterocycles. The van der Waals surface area contributed by atoms with Crippen molar-refractivity contribution in [1.29, 1.82) is 0 Å². The number of nitrogens with one attached hydrogen (secondary N) is 1. The number of nitrogens with zero attached hydrogens (tertiary/aromatic N) is 5. The Morgan fingerprint density at radius 3 is 2.65 bits per heavy atom. The molecule has 2 aliphatic rings. The highest BCUT2D eigenvalue weighted by atomic mass is 16.2. The van der Waals surface area contributed by atoms with E-state index in [0.717, 1.165) is 37.2 Å². The predicted molar refractivity (Wildman–Crippen MR) is 128 cm³/mol.